The predicted octanol–water partition coefficient (Wildman–Crippen LogP) is 8.07. The minimum absolute atomic E-state index is 0.0808. The quantitative estimate of drug-likeness (QED) is 0.293. The molecule has 0 saturated heterocycles. The number of rotatable bonds is 5. The Morgan fingerprint density at radius 1 is 0.762 bits per heavy atom. The monoisotopic (exact) mass is 563 g/mol. The van der Waals surface area contributed by atoms with E-state index in [9.17, 15) is 5.11 Å². The molecule has 0 spiro atoms. The van der Waals surface area contributed by atoms with E-state index >= 15 is 0 Å². The summed E-state index contributed by atoms with van der Waals surface area (Å²) in [6, 6.07) is 4.69. The Bertz CT molecular complexity index is 1860. The van der Waals surface area contributed by atoms with Crippen molar-refractivity contribution in [3.63, 3.8) is 0 Å². The van der Waals surface area contributed by atoms with Gasteiger partial charge in [0, 0.05) is 45.2 Å². The first-order valence-corrected chi connectivity index (χ1v) is 15.5. The van der Waals surface area contributed by atoms with Gasteiger partial charge in [-0.25, -0.2) is 9.97 Å². The van der Waals surface area contributed by atoms with Crippen molar-refractivity contribution in [3.05, 3.63) is 68.3 Å². The lowest BCUT2D eigenvalue weighted by Gasteiger charge is -2.25. The molecule has 8 bridgehead atoms. The summed E-state index contributed by atoms with van der Waals surface area (Å²) in [5.74, 6) is 0.313. The van der Waals surface area contributed by atoms with Crippen molar-refractivity contribution in [2.45, 2.75) is 87.3 Å². The van der Waals surface area contributed by atoms with Crippen molar-refractivity contribution in [3.8, 4) is 0 Å². The topological polar surface area (TPSA) is 80.8 Å². The van der Waals surface area contributed by atoms with Crippen molar-refractivity contribution in [2.24, 2.45) is 5.92 Å². The summed E-state index contributed by atoms with van der Waals surface area (Å²) in [4.78, 5) is 20.6. The van der Waals surface area contributed by atoms with Gasteiger partial charge in [0.25, 0.3) is 0 Å². The summed E-state index contributed by atoms with van der Waals surface area (Å²) in [5, 5.41) is 10.8. The van der Waals surface area contributed by atoms with Gasteiger partial charge in [0.2, 0.25) is 0 Å². The SMILES string of the molecule is CCC1=C(C)c2cc3[nH]c(c(C)c3CC)c3c4nc(cc5[nH]c(c(C)c5CC)c(CO)c1n2)C(C)=C4C(C)C3N(C)C. The number of allylic oxidation sites excluding steroid dienone is 3. The second-order valence-electron chi connectivity index (χ2n) is 12.5. The van der Waals surface area contributed by atoms with Gasteiger partial charge in [-0.15, -0.1) is 0 Å². The van der Waals surface area contributed by atoms with Gasteiger partial charge >= 0.3 is 0 Å². The molecular formula is C36H45N5O. The first kappa shape index (κ1) is 28.6. The van der Waals surface area contributed by atoms with Crippen LogP contribution in [0.3, 0.4) is 0 Å². The van der Waals surface area contributed by atoms with E-state index in [1.165, 1.54) is 55.6 Å². The lowest BCUT2D eigenvalue weighted by atomic mass is 9.94. The van der Waals surface area contributed by atoms with Crippen LogP contribution in [-0.2, 0) is 19.4 Å². The number of fused-ring (bicyclic) bond motifs is 8. The van der Waals surface area contributed by atoms with E-state index in [4.69, 9.17) is 9.97 Å². The molecule has 3 aromatic rings. The van der Waals surface area contributed by atoms with Crippen LogP contribution < -0.4 is 0 Å². The second kappa shape index (κ2) is 10.4. The summed E-state index contributed by atoms with van der Waals surface area (Å²) in [6.45, 7) is 17.7. The molecule has 3 aliphatic rings. The number of aromatic amines is 2. The van der Waals surface area contributed by atoms with E-state index in [1.54, 1.807) is 0 Å². The van der Waals surface area contributed by atoms with Gasteiger partial charge in [0.1, 0.15) is 0 Å². The maximum atomic E-state index is 10.8. The molecule has 3 N–H and O–H groups in total. The van der Waals surface area contributed by atoms with Crippen LogP contribution in [0.15, 0.2) is 12.1 Å². The normalized spacial score (nSPS) is 18.3. The highest BCUT2D eigenvalue weighted by molar-refractivity contribution is 5.99. The second-order valence-corrected chi connectivity index (χ2v) is 12.5. The molecule has 3 aromatic heterocycles. The Morgan fingerprint density at radius 2 is 1.31 bits per heavy atom. The molecule has 5 heterocycles. The first-order valence-electron chi connectivity index (χ1n) is 15.5. The molecule has 2 aliphatic heterocycles. The lowest BCUT2D eigenvalue weighted by Crippen LogP contribution is -2.23. The Morgan fingerprint density at radius 3 is 1.86 bits per heavy atom. The zero-order valence-corrected chi connectivity index (χ0v) is 26.9. The number of hydrogen-bond acceptors (Lipinski definition) is 4. The zero-order valence-electron chi connectivity index (χ0n) is 26.9. The Balaban J connectivity index is 1.90. The number of nitrogens with zero attached hydrogens (tertiary/aromatic N) is 3. The summed E-state index contributed by atoms with van der Waals surface area (Å²) < 4.78 is 0. The van der Waals surface area contributed by atoms with Crippen molar-refractivity contribution in [2.75, 3.05) is 14.1 Å². The third-order valence-electron chi connectivity index (χ3n) is 10.1. The molecule has 0 aromatic carbocycles. The van der Waals surface area contributed by atoms with Gasteiger partial charge in [-0.2, -0.15) is 0 Å². The minimum atomic E-state index is -0.0808. The van der Waals surface area contributed by atoms with E-state index in [-0.39, 0.29) is 12.6 Å². The van der Waals surface area contributed by atoms with Crippen LogP contribution in [0.25, 0.3) is 44.4 Å². The molecule has 6 heteroatoms. The first-order chi connectivity index (χ1) is 20.1. The maximum absolute atomic E-state index is 10.8. The van der Waals surface area contributed by atoms with Crippen molar-refractivity contribution >= 4 is 44.4 Å². The van der Waals surface area contributed by atoms with E-state index in [0.717, 1.165) is 64.2 Å². The highest BCUT2D eigenvalue weighted by atomic mass is 16.3. The fraction of sp³-hybridized carbons (Fsp3) is 0.444. The van der Waals surface area contributed by atoms with Gasteiger partial charge in [0.05, 0.1) is 29.4 Å². The Kier molecular flexibility index (Phi) is 7.06. The van der Waals surface area contributed by atoms with Crippen molar-refractivity contribution in [1.82, 2.24) is 24.8 Å². The largest absolute Gasteiger partial charge is 0.392 e. The maximum Gasteiger partial charge on any atom is 0.0748 e. The molecule has 6 nitrogen and oxygen atoms in total. The molecule has 6 rings (SSSR count). The van der Waals surface area contributed by atoms with E-state index in [2.05, 4.69) is 96.5 Å². The molecule has 42 heavy (non-hydrogen) atoms. The number of H-pyrrole nitrogens is 2. The van der Waals surface area contributed by atoms with Crippen LogP contribution in [0.2, 0.25) is 0 Å². The van der Waals surface area contributed by atoms with Gasteiger partial charge in [-0.05, 0) is 118 Å². The summed E-state index contributed by atoms with van der Waals surface area (Å²) >= 11 is 0. The molecule has 1 aliphatic carbocycles. The number of aromatic nitrogens is 4. The standard InChI is InChI=1S/C36H45N5O/c1-11-22-18(5)32-25(16-42)34-24(13-3)17(4)26(37-34)14-29-23(12-2)19(6)33(40-29)31-35-30(21(8)36(31)41(9)10)20(7)27(38-35)15-28(22)39-32/h14-15,21,36,39-40,42H,11-13,16H2,1-10H3. The molecule has 0 fully saturated rings. The van der Waals surface area contributed by atoms with E-state index in [1.807, 2.05) is 0 Å². The molecule has 0 amide bonds. The molecule has 220 valence electrons. The van der Waals surface area contributed by atoms with Gasteiger partial charge in [-0.1, -0.05) is 27.7 Å². The van der Waals surface area contributed by atoms with Gasteiger partial charge < -0.3 is 20.0 Å². The van der Waals surface area contributed by atoms with Crippen LogP contribution >= 0.6 is 0 Å². The number of aryl methyl sites for hydroxylation is 4. The summed E-state index contributed by atoms with van der Waals surface area (Å²) in [7, 11) is 4.37. The number of aliphatic hydroxyl groups excluding tert-OH is 1. The molecule has 2 unspecified atom stereocenters. The average Bonchev–Trinajstić information content (AvgIpc) is 3.70. The van der Waals surface area contributed by atoms with Crippen LogP contribution in [0.5, 0.6) is 0 Å². The minimum Gasteiger partial charge on any atom is -0.392 e. The Hall–Kier alpha value is -3.48. The lowest BCUT2D eigenvalue weighted by molar-refractivity contribution is 0.267. The molecule has 2 atom stereocenters. The smallest absolute Gasteiger partial charge is 0.0748 e. The number of aliphatic hydroxyl groups is 1. The third kappa shape index (κ3) is 3.91. The fourth-order valence-corrected chi connectivity index (χ4v) is 8.02. The third-order valence-corrected chi connectivity index (χ3v) is 10.1. The number of nitrogens with one attached hydrogen (secondary N) is 2. The van der Waals surface area contributed by atoms with Crippen LogP contribution in [0, 0.1) is 19.8 Å². The summed E-state index contributed by atoms with van der Waals surface area (Å²) in [5.41, 5.74) is 20.5. The van der Waals surface area contributed by atoms with Gasteiger partial charge in [-0.3, -0.25) is 0 Å². The fourth-order valence-electron chi connectivity index (χ4n) is 8.02. The van der Waals surface area contributed by atoms with Crippen molar-refractivity contribution in [1.29, 1.82) is 0 Å². The molecule has 0 saturated carbocycles. The average molecular weight is 564 g/mol. The van der Waals surface area contributed by atoms with Crippen LogP contribution in [0.1, 0.15) is 110 Å². The summed E-state index contributed by atoms with van der Waals surface area (Å²) in [6.07, 6.45) is 2.66. The Labute approximate surface area is 249 Å². The highest BCUT2D eigenvalue weighted by Crippen LogP contribution is 2.52. The predicted molar refractivity (Wildman–Crippen MR) is 176 cm³/mol. The molecule has 0 radical (unpaired) electrons. The van der Waals surface area contributed by atoms with E-state index < -0.39 is 0 Å². The van der Waals surface area contributed by atoms with Crippen LogP contribution in [-0.4, -0.2) is 44.0 Å². The highest BCUT2D eigenvalue weighted by Gasteiger charge is 2.41. The van der Waals surface area contributed by atoms with E-state index in [0.29, 0.717) is 5.92 Å². The van der Waals surface area contributed by atoms with Gasteiger partial charge in [0.15, 0.2) is 0 Å². The van der Waals surface area contributed by atoms with Crippen LogP contribution in [0.4, 0.5) is 0 Å². The number of hydrogen-bond donors (Lipinski definition) is 3. The van der Waals surface area contributed by atoms with Crippen molar-refractivity contribution < 1.29 is 5.11 Å². The molecular weight excluding hydrogens is 518 g/mol. The zero-order chi connectivity index (χ0) is 30.2.